The molecule has 1 unspecified atom stereocenters. The van der Waals surface area contributed by atoms with E-state index in [0.717, 1.165) is 12.5 Å². The third-order valence-corrected chi connectivity index (χ3v) is 4.66. The van der Waals surface area contributed by atoms with Gasteiger partial charge in [0.1, 0.15) is 0 Å². The Kier molecular flexibility index (Phi) is 7.15. The van der Waals surface area contributed by atoms with Gasteiger partial charge < -0.3 is 11.1 Å². The molecule has 1 aliphatic rings. The van der Waals surface area contributed by atoms with Crippen molar-refractivity contribution in [3.05, 3.63) is 28.8 Å². The van der Waals surface area contributed by atoms with Gasteiger partial charge in [-0.2, -0.15) is 13.2 Å². The molecule has 1 aliphatic heterocycles. The first-order valence-corrected chi connectivity index (χ1v) is 8.02. The molecule has 1 amide bonds. The molecule has 1 fully saturated rings. The highest BCUT2D eigenvalue weighted by molar-refractivity contribution is 6.34. The predicted octanol–water partition coefficient (Wildman–Crippen LogP) is 3.78. The van der Waals surface area contributed by atoms with Gasteiger partial charge in [-0.15, -0.1) is 12.4 Å². The molecule has 142 valence electrons. The van der Waals surface area contributed by atoms with E-state index in [1.807, 2.05) is 18.7 Å². The highest BCUT2D eigenvalue weighted by atomic mass is 35.5. The fourth-order valence-electron chi connectivity index (χ4n) is 2.89. The number of rotatable bonds is 3. The van der Waals surface area contributed by atoms with Gasteiger partial charge in [0.2, 0.25) is 5.91 Å². The summed E-state index contributed by atoms with van der Waals surface area (Å²) < 4.78 is 39.1. The molecule has 1 aromatic rings. The molecule has 0 spiro atoms. The van der Waals surface area contributed by atoms with Crippen molar-refractivity contribution in [2.24, 2.45) is 11.1 Å². The topological polar surface area (TPSA) is 58.4 Å². The van der Waals surface area contributed by atoms with Crippen LogP contribution in [0.2, 0.25) is 5.02 Å². The van der Waals surface area contributed by atoms with E-state index in [-0.39, 0.29) is 35.4 Å². The molecule has 1 aromatic carbocycles. The lowest BCUT2D eigenvalue weighted by atomic mass is 9.80. The maximum Gasteiger partial charge on any atom is 0.418 e. The molecule has 3 N–H and O–H groups in total. The third kappa shape index (κ3) is 5.48. The molecule has 0 aromatic heterocycles. The minimum absolute atomic E-state index is 0. The van der Waals surface area contributed by atoms with Crippen molar-refractivity contribution in [2.45, 2.75) is 32.5 Å². The normalized spacial score (nSPS) is 20.7. The van der Waals surface area contributed by atoms with E-state index < -0.39 is 23.3 Å². The second kappa shape index (κ2) is 8.12. The minimum atomic E-state index is -4.59. The molecule has 0 bridgehead atoms. The number of anilines is 1. The Morgan fingerprint density at radius 3 is 2.64 bits per heavy atom. The lowest BCUT2D eigenvalue weighted by Crippen LogP contribution is -2.53. The summed E-state index contributed by atoms with van der Waals surface area (Å²) >= 11 is 5.84. The molecule has 4 nitrogen and oxygen atoms in total. The van der Waals surface area contributed by atoms with Gasteiger partial charge in [-0.1, -0.05) is 31.5 Å². The van der Waals surface area contributed by atoms with Gasteiger partial charge in [0.05, 0.1) is 22.8 Å². The number of hydrogen-bond acceptors (Lipinski definition) is 3. The molecule has 1 atom stereocenters. The number of nitrogens with two attached hydrogens (primary N) is 1. The molecule has 9 heteroatoms. The van der Waals surface area contributed by atoms with Crippen LogP contribution in [0.25, 0.3) is 0 Å². The molecule has 0 aliphatic carbocycles. The predicted molar refractivity (Wildman–Crippen MR) is 95.1 cm³/mol. The van der Waals surface area contributed by atoms with Crippen molar-refractivity contribution < 1.29 is 18.0 Å². The molecule has 1 heterocycles. The van der Waals surface area contributed by atoms with Crippen LogP contribution >= 0.6 is 24.0 Å². The van der Waals surface area contributed by atoms with Crippen LogP contribution in [-0.2, 0) is 11.0 Å². The summed E-state index contributed by atoms with van der Waals surface area (Å²) in [5.74, 6) is -0.528. The van der Waals surface area contributed by atoms with E-state index in [1.54, 1.807) is 0 Å². The van der Waals surface area contributed by atoms with Crippen molar-refractivity contribution in [3.63, 3.8) is 0 Å². The Morgan fingerprint density at radius 2 is 2.08 bits per heavy atom. The van der Waals surface area contributed by atoms with E-state index in [0.29, 0.717) is 13.1 Å². The lowest BCUT2D eigenvalue weighted by molar-refractivity contribution is -0.137. The van der Waals surface area contributed by atoms with Gasteiger partial charge in [0, 0.05) is 19.1 Å². The van der Waals surface area contributed by atoms with Crippen LogP contribution < -0.4 is 11.1 Å². The van der Waals surface area contributed by atoms with Crippen molar-refractivity contribution in [3.8, 4) is 0 Å². The molecule has 2 rings (SSSR count). The average Bonchev–Trinajstić information content (AvgIpc) is 2.43. The first-order valence-electron chi connectivity index (χ1n) is 7.64. The van der Waals surface area contributed by atoms with Crippen LogP contribution in [0.5, 0.6) is 0 Å². The Bertz CT molecular complexity index is 623. The van der Waals surface area contributed by atoms with Crippen LogP contribution in [-0.4, -0.2) is 36.5 Å². The van der Waals surface area contributed by atoms with Gasteiger partial charge in [0.25, 0.3) is 0 Å². The van der Waals surface area contributed by atoms with Crippen LogP contribution in [0.3, 0.4) is 0 Å². The van der Waals surface area contributed by atoms with E-state index >= 15 is 0 Å². The van der Waals surface area contributed by atoms with Crippen molar-refractivity contribution in [1.82, 2.24) is 4.90 Å². The summed E-state index contributed by atoms with van der Waals surface area (Å²) in [5, 5.41) is 2.17. The number of carbonyl (C=O) groups is 1. The first-order chi connectivity index (χ1) is 11.0. The van der Waals surface area contributed by atoms with Gasteiger partial charge in [-0.05, 0) is 24.0 Å². The maximum absolute atomic E-state index is 13.0. The number of piperidine rings is 1. The fraction of sp³-hybridized carbons (Fsp3) is 0.562. The number of nitrogens with zero attached hydrogens (tertiary/aromatic N) is 1. The zero-order chi connectivity index (χ0) is 18.1. The summed E-state index contributed by atoms with van der Waals surface area (Å²) in [6.07, 6.45) is -3.85. The van der Waals surface area contributed by atoms with E-state index in [9.17, 15) is 18.0 Å². The number of carbonyl (C=O) groups excluding carboxylic acids is 1. The van der Waals surface area contributed by atoms with E-state index in [1.165, 1.54) is 12.1 Å². The van der Waals surface area contributed by atoms with Crippen molar-refractivity contribution in [2.75, 3.05) is 25.0 Å². The highest BCUT2D eigenvalue weighted by Crippen LogP contribution is 2.38. The standard InChI is InChI=1S/C16H21ClF3N3O.ClH/c1-15(2)9-23(7-6-12(15)21)8-13(24)22-14-10(16(18,19)20)4-3-5-11(14)17;/h3-5,12H,6-9,21H2,1-2H3,(H,22,24);1H. The summed E-state index contributed by atoms with van der Waals surface area (Å²) in [4.78, 5) is 14.1. The van der Waals surface area contributed by atoms with Gasteiger partial charge in [0.15, 0.2) is 0 Å². The summed E-state index contributed by atoms with van der Waals surface area (Å²) in [5.41, 5.74) is 4.54. The second-order valence-electron chi connectivity index (χ2n) is 6.80. The number of alkyl halides is 3. The number of halogens is 5. The zero-order valence-electron chi connectivity index (χ0n) is 14.0. The SMILES string of the molecule is CC1(C)CN(CC(=O)Nc2c(Cl)cccc2C(F)(F)F)CCC1N.Cl. The number of likely N-dealkylation sites (tertiary alicyclic amines) is 1. The number of nitrogens with one attached hydrogen (secondary N) is 1. The monoisotopic (exact) mass is 399 g/mol. The van der Waals surface area contributed by atoms with Crippen molar-refractivity contribution >= 4 is 35.6 Å². The summed E-state index contributed by atoms with van der Waals surface area (Å²) in [6, 6.07) is 3.45. The Balaban J connectivity index is 0.00000312. The third-order valence-electron chi connectivity index (χ3n) is 4.34. The second-order valence-corrected chi connectivity index (χ2v) is 7.21. The molecule has 1 saturated heterocycles. The Morgan fingerprint density at radius 1 is 1.44 bits per heavy atom. The number of benzene rings is 1. The maximum atomic E-state index is 13.0. The molecule has 0 radical (unpaired) electrons. The molecule has 0 saturated carbocycles. The van der Waals surface area contributed by atoms with E-state index in [4.69, 9.17) is 17.3 Å². The van der Waals surface area contributed by atoms with Gasteiger partial charge in [-0.25, -0.2) is 0 Å². The Hall–Kier alpha value is -1.02. The zero-order valence-corrected chi connectivity index (χ0v) is 15.6. The first kappa shape index (κ1) is 22.0. The number of para-hydroxylation sites is 1. The fourth-order valence-corrected chi connectivity index (χ4v) is 3.11. The summed E-state index contributed by atoms with van der Waals surface area (Å²) in [7, 11) is 0. The quantitative estimate of drug-likeness (QED) is 0.812. The molecule has 25 heavy (non-hydrogen) atoms. The average molecular weight is 400 g/mol. The summed E-state index contributed by atoms with van der Waals surface area (Å²) in [6.45, 7) is 5.26. The van der Waals surface area contributed by atoms with Crippen LogP contribution in [0.1, 0.15) is 25.8 Å². The molecular formula is C16H22Cl2F3N3O. The van der Waals surface area contributed by atoms with Crippen LogP contribution in [0, 0.1) is 5.41 Å². The molecular weight excluding hydrogens is 378 g/mol. The smallest absolute Gasteiger partial charge is 0.327 e. The lowest BCUT2D eigenvalue weighted by Gasteiger charge is -2.42. The Labute approximate surface area is 156 Å². The van der Waals surface area contributed by atoms with Gasteiger partial charge >= 0.3 is 6.18 Å². The minimum Gasteiger partial charge on any atom is -0.327 e. The number of amides is 1. The van der Waals surface area contributed by atoms with Gasteiger partial charge in [-0.3, -0.25) is 9.69 Å². The van der Waals surface area contributed by atoms with E-state index in [2.05, 4.69) is 5.32 Å². The van der Waals surface area contributed by atoms with Crippen LogP contribution in [0.4, 0.5) is 18.9 Å². The van der Waals surface area contributed by atoms with Crippen LogP contribution in [0.15, 0.2) is 18.2 Å². The highest BCUT2D eigenvalue weighted by Gasteiger charge is 2.36. The van der Waals surface area contributed by atoms with Crippen molar-refractivity contribution in [1.29, 1.82) is 0 Å². The number of hydrogen-bond donors (Lipinski definition) is 2. The largest absolute Gasteiger partial charge is 0.418 e.